The lowest BCUT2D eigenvalue weighted by Gasteiger charge is -2.16. The van der Waals surface area contributed by atoms with Crippen molar-refractivity contribution in [3.63, 3.8) is 0 Å². The number of amides is 2. The number of carbonyl (C=O) groups excluding carboxylic acids is 2. The van der Waals surface area contributed by atoms with Crippen molar-refractivity contribution in [1.29, 1.82) is 0 Å². The molecule has 0 spiro atoms. The number of benzene rings is 1. The summed E-state index contributed by atoms with van der Waals surface area (Å²) in [5, 5.41) is 11.4. The van der Waals surface area contributed by atoms with Gasteiger partial charge in [0.25, 0.3) is 5.91 Å². The maximum Gasteiger partial charge on any atom is 0.254 e. The second-order valence-corrected chi connectivity index (χ2v) is 4.40. The van der Waals surface area contributed by atoms with E-state index in [9.17, 15) is 9.59 Å². The maximum absolute atomic E-state index is 12.1. The van der Waals surface area contributed by atoms with Crippen molar-refractivity contribution in [2.45, 2.75) is 0 Å². The number of carbonyl (C=O) groups is 2. The van der Waals surface area contributed by atoms with E-state index in [0.29, 0.717) is 16.1 Å². The van der Waals surface area contributed by atoms with E-state index in [-0.39, 0.29) is 25.0 Å². The Kier molecular flexibility index (Phi) is 6.04. The molecule has 0 radical (unpaired) electrons. The third kappa shape index (κ3) is 4.26. The van der Waals surface area contributed by atoms with Gasteiger partial charge in [-0.1, -0.05) is 23.4 Å². The highest BCUT2D eigenvalue weighted by Gasteiger charge is 2.15. The zero-order chi connectivity index (χ0) is 15.1. The molecule has 0 bridgehead atoms. The Balaban J connectivity index is 2.89. The number of rotatable bonds is 3. The molecule has 1 aromatic rings. The second-order valence-electron chi connectivity index (χ2n) is 3.99. The van der Waals surface area contributed by atoms with Crippen molar-refractivity contribution < 1.29 is 14.7 Å². The topological polar surface area (TPSA) is 69.6 Å². The van der Waals surface area contributed by atoms with Crippen molar-refractivity contribution in [1.82, 2.24) is 10.2 Å². The fraction of sp³-hybridized carbons (Fsp3) is 0.286. The molecule has 5 nitrogen and oxygen atoms in total. The van der Waals surface area contributed by atoms with Gasteiger partial charge in [-0.15, -0.1) is 0 Å². The first kappa shape index (κ1) is 16.0. The first-order chi connectivity index (χ1) is 9.49. The monoisotopic (exact) mass is 294 g/mol. The van der Waals surface area contributed by atoms with Gasteiger partial charge in [0, 0.05) is 25.2 Å². The fourth-order valence-corrected chi connectivity index (χ4v) is 1.70. The summed E-state index contributed by atoms with van der Waals surface area (Å²) in [5.74, 6) is 4.60. The van der Waals surface area contributed by atoms with Gasteiger partial charge in [-0.3, -0.25) is 9.59 Å². The second kappa shape index (κ2) is 7.53. The molecule has 0 aliphatic rings. The van der Waals surface area contributed by atoms with Crippen LogP contribution in [-0.4, -0.2) is 49.1 Å². The number of halogens is 1. The van der Waals surface area contributed by atoms with Crippen LogP contribution >= 0.6 is 11.6 Å². The maximum atomic E-state index is 12.1. The van der Waals surface area contributed by atoms with E-state index in [0.717, 1.165) is 0 Å². The average molecular weight is 295 g/mol. The zero-order valence-electron chi connectivity index (χ0n) is 11.2. The van der Waals surface area contributed by atoms with Crippen LogP contribution in [0.5, 0.6) is 0 Å². The molecule has 0 heterocycles. The summed E-state index contributed by atoms with van der Waals surface area (Å²) < 4.78 is 0. The molecule has 0 aliphatic carbocycles. The largest absolute Gasteiger partial charge is 0.384 e. The fourth-order valence-electron chi connectivity index (χ4n) is 1.47. The third-order valence-corrected chi connectivity index (χ3v) is 2.84. The van der Waals surface area contributed by atoms with Crippen LogP contribution in [0.3, 0.4) is 0 Å². The average Bonchev–Trinajstić information content (AvgIpc) is 2.44. The van der Waals surface area contributed by atoms with Gasteiger partial charge in [0.05, 0.1) is 11.6 Å². The molecule has 0 saturated carbocycles. The summed E-state index contributed by atoms with van der Waals surface area (Å²) in [6, 6.07) is 4.67. The van der Waals surface area contributed by atoms with Gasteiger partial charge in [0.15, 0.2) is 0 Å². The summed E-state index contributed by atoms with van der Waals surface area (Å²) in [6.07, 6.45) is 0. The molecule has 0 aliphatic heterocycles. The minimum absolute atomic E-state index is 0.0287. The number of aliphatic hydroxyl groups excluding tert-OH is 1. The van der Waals surface area contributed by atoms with Crippen molar-refractivity contribution in [3.8, 4) is 11.8 Å². The summed E-state index contributed by atoms with van der Waals surface area (Å²) >= 11 is 6.01. The molecule has 6 heteroatoms. The van der Waals surface area contributed by atoms with E-state index in [2.05, 4.69) is 17.2 Å². The number of nitrogens with zero attached hydrogens (tertiary/aromatic N) is 1. The Morgan fingerprint density at radius 3 is 2.70 bits per heavy atom. The van der Waals surface area contributed by atoms with Crippen molar-refractivity contribution in [2.75, 3.05) is 27.2 Å². The van der Waals surface area contributed by atoms with Crippen LogP contribution in [0.4, 0.5) is 0 Å². The van der Waals surface area contributed by atoms with Gasteiger partial charge in [-0.05, 0) is 18.2 Å². The minimum Gasteiger partial charge on any atom is -0.384 e. The smallest absolute Gasteiger partial charge is 0.254 e. The number of hydrogen-bond acceptors (Lipinski definition) is 3. The van der Waals surface area contributed by atoms with Gasteiger partial charge in [0.2, 0.25) is 5.91 Å². The van der Waals surface area contributed by atoms with E-state index in [1.165, 1.54) is 25.1 Å². The molecule has 0 unspecified atom stereocenters. The van der Waals surface area contributed by atoms with E-state index >= 15 is 0 Å². The lowest BCUT2D eigenvalue weighted by Crippen LogP contribution is -2.36. The summed E-state index contributed by atoms with van der Waals surface area (Å²) in [7, 11) is 3.04. The lowest BCUT2D eigenvalue weighted by molar-refractivity contribution is -0.121. The molecule has 106 valence electrons. The predicted octanol–water partition coefficient (Wildman–Crippen LogP) is 0.502. The van der Waals surface area contributed by atoms with Gasteiger partial charge in [-0.2, -0.15) is 0 Å². The molecular formula is C14H15ClN2O3. The highest BCUT2D eigenvalue weighted by atomic mass is 35.5. The molecule has 0 fully saturated rings. The van der Waals surface area contributed by atoms with Gasteiger partial charge in [-0.25, -0.2) is 0 Å². The number of nitrogens with one attached hydrogen (secondary N) is 1. The summed E-state index contributed by atoms with van der Waals surface area (Å²) in [6.45, 7) is -0.287. The van der Waals surface area contributed by atoms with Crippen LogP contribution in [-0.2, 0) is 4.79 Å². The summed E-state index contributed by atoms with van der Waals surface area (Å²) in [4.78, 5) is 24.6. The zero-order valence-corrected chi connectivity index (χ0v) is 12.0. The van der Waals surface area contributed by atoms with Crippen LogP contribution in [0.25, 0.3) is 0 Å². The highest BCUT2D eigenvalue weighted by Crippen LogP contribution is 2.18. The number of aliphatic hydroxyl groups is 1. The first-order valence-electron chi connectivity index (χ1n) is 5.85. The minimum atomic E-state index is -0.308. The lowest BCUT2D eigenvalue weighted by atomic mass is 10.1. The molecule has 2 amide bonds. The Hall–Kier alpha value is -2.03. The molecule has 0 saturated heterocycles. The predicted molar refractivity (Wildman–Crippen MR) is 76.4 cm³/mol. The number of likely N-dealkylation sites (N-methyl/N-ethyl adjacent to an activating group) is 2. The van der Waals surface area contributed by atoms with Crippen LogP contribution in [0.15, 0.2) is 18.2 Å². The van der Waals surface area contributed by atoms with Crippen LogP contribution in [0.1, 0.15) is 15.9 Å². The Morgan fingerprint density at radius 2 is 2.15 bits per heavy atom. The summed E-state index contributed by atoms with van der Waals surface area (Å²) in [5.41, 5.74) is 0.905. The first-order valence-corrected chi connectivity index (χ1v) is 6.22. The standard InChI is InChI=1S/C14H15ClN2O3/c1-16-13(19)9-17(2)14(20)11-6-5-10(4-3-7-18)12(15)8-11/h5-6,8,18H,7,9H2,1-2H3,(H,16,19). The molecule has 1 rings (SSSR count). The van der Waals surface area contributed by atoms with Crippen molar-refractivity contribution >= 4 is 23.4 Å². The van der Waals surface area contributed by atoms with E-state index in [1.54, 1.807) is 12.1 Å². The van der Waals surface area contributed by atoms with Crippen molar-refractivity contribution in [2.24, 2.45) is 0 Å². The quantitative estimate of drug-likeness (QED) is 0.798. The normalized spacial score (nSPS) is 9.40. The molecular weight excluding hydrogens is 280 g/mol. The number of hydrogen-bond donors (Lipinski definition) is 2. The molecule has 2 N–H and O–H groups in total. The Bertz CT molecular complexity index is 576. The van der Waals surface area contributed by atoms with E-state index < -0.39 is 0 Å². The Morgan fingerprint density at radius 1 is 1.45 bits per heavy atom. The molecule has 0 aromatic heterocycles. The molecule has 0 atom stereocenters. The van der Waals surface area contributed by atoms with Crippen LogP contribution < -0.4 is 5.32 Å². The van der Waals surface area contributed by atoms with E-state index in [4.69, 9.17) is 16.7 Å². The van der Waals surface area contributed by atoms with Crippen molar-refractivity contribution in [3.05, 3.63) is 34.3 Å². The van der Waals surface area contributed by atoms with E-state index in [1.807, 2.05) is 0 Å². The van der Waals surface area contributed by atoms with Crippen LogP contribution in [0, 0.1) is 11.8 Å². The highest BCUT2D eigenvalue weighted by molar-refractivity contribution is 6.32. The third-order valence-electron chi connectivity index (χ3n) is 2.52. The SMILES string of the molecule is CNC(=O)CN(C)C(=O)c1ccc(C#CCO)c(Cl)c1. The van der Waals surface area contributed by atoms with Gasteiger partial charge < -0.3 is 15.3 Å². The van der Waals surface area contributed by atoms with Crippen LogP contribution in [0.2, 0.25) is 5.02 Å². The Labute approximate surface area is 122 Å². The van der Waals surface area contributed by atoms with Gasteiger partial charge in [0.1, 0.15) is 6.61 Å². The van der Waals surface area contributed by atoms with Gasteiger partial charge >= 0.3 is 0 Å². The molecule has 20 heavy (non-hydrogen) atoms. The molecule has 1 aromatic carbocycles.